The molecule has 2 heterocycles. The molecule has 2 fully saturated rings. The smallest absolute Gasteiger partial charge is 0.123 e. The monoisotopic (exact) mass is 279 g/mol. The average Bonchev–Trinajstić information content (AvgIpc) is 2.40. The van der Waals surface area contributed by atoms with Crippen molar-refractivity contribution in [3.63, 3.8) is 0 Å². The van der Waals surface area contributed by atoms with E-state index >= 15 is 0 Å². The number of ether oxygens (including phenoxy) is 1. The summed E-state index contributed by atoms with van der Waals surface area (Å²) < 4.78 is 18.4. The van der Waals surface area contributed by atoms with Gasteiger partial charge in [-0.05, 0) is 49.9 Å². The molecule has 0 spiro atoms. The molecule has 0 saturated carbocycles. The number of benzene rings is 1. The van der Waals surface area contributed by atoms with Gasteiger partial charge in [0.05, 0.1) is 12.2 Å². The first-order valence-electron chi connectivity index (χ1n) is 7.50. The van der Waals surface area contributed by atoms with Crippen LogP contribution in [-0.4, -0.2) is 29.4 Å². The minimum Gasteiger partial charge on any atom is -0.493 e. The Labute approximate surface area is 119 Å². The van der Waals surface area contributed by atoms with Gasteiger partial charge in [-0.1, -0.05) is 6.42 Å². The van der Waals surface area contributed by atoms with Crippen molar-refractivity contribution in [3.8, 4) is 5.75 Å². The minimum absolute atomic E-state index is 0.262. The van der Waals surface area contributed by atoms with Gasteiger partial charge < -0.3 is 15.2 Å². The maximum absolute atomic E-state index is 12.8. The fourth-order valence-electron chi connectivity index (χ4n) is 3.53. The van der Waals surface area contributed by atoms with Crippen molar-refractivity contribution in [1.82, 2.24) is 5.32 Å². The van der Waals surface area contributed by atoms with Crippen molar-refractivity contribution in [2.24, 2.45) is 0 Å². The third-order valence-electron chi connectivity index (χ3n) is 4.48. The van der Waals surface area contributed by atoms with Crippen molar-refractivity contribution in [3.05, 3.63) is 30.1 Å². The number of hydrogen-bond acceptors (Lipinski definition) is 3. The number of fused-ring (bicyclic) bond motifs is 2. The van der Waals surface area contributed by atoms with E-state index in [1.165, 1.54) is 18.6 Å². The molecule has 4 heteroatoms. The highest BCUT2D eigenvalue weighted by atomic mass is 19.1. The molecule has 2 atom stereocenters. The van der Waals surface area contributed by atoms with Crippen molar-refractivity contribution >= 4 is 0 Å². The van der Waals surface area contributed by atoms with E-state index < -0.39 is 5.60 Å². The molecule has 0 amide bonds. The van der Waals surface area contributed by atoms with Crippen molar-refractivity contribution in [1.29, 1.82) is 0 Å². The molecule has 2 aliphatic rings. The Hall–Kier alpha value is -1.13. The normalized spacial score (nSPS) is 32.9. The first-order chi connectivity index (χ1) is 9.63. The zero-order valence-electron chi connectivity index (χ0n) is 11.6. The average molecular weight is 279 g/mol. The van der Waals surface area contributed by atoms with Crippen LogP contribution in [0.2, 0.25) is 0 Å². The van der Waals surface area contributed by atoms with Crippen LogP contribution in [0.5, 0.6) is 5.75 Å². The van der Waals surface area contributed by atoms with E-state index in [0.29, 0.717) is 30.9 Å². The Bertz CT molecular complexity index is 436. The highest BCUT2D eigenvalue weighted by Gasteiger charge is 2.40. The van der Waals surface area contributed by atoms with Crippen molar-refractivity contribution in [2.75, 3.05) is 6.61 Å². The highest BCUT2D eigenvalue weighted by molar-refractivity contribution is 5.22. The SMILES string of the molecule is OC1(CCOc2ccc(F)cc2)CC2CCCC(C1)N2. The summed E-state index contributed by atoms with van der Waals surface area (Å²) in [5.74, 6) is 0.395. The molecule has 0 radical (unpaired) electrons. The zero-order valence-corrected chi connectivity index (χ0v) is 11.6. The summed E-state index contributed by atoms with van der Waals surface area (Å²) in [7, 11) is 0. The molecular weight excluding hydrogens is 257 g/mol. The Balaban J connectivity index is 1.51. The highest BCUT2D eigenvalue weighted by Crippen LogP contribution is 2.34. The fourth-order valence-corrected chi connectivity index (χ4v) is 3.53. The van der Waals surface area contributed by atoms with Gasteiger partial charge in [0.1, 0.15) is 11.6 Å². The van der Waals surface area contributed by atoms with Crippen molar-refractivity contribution in [2.45, 2.75) is 56.2 Å². The molecule has 1 aromatic carbocycles. The van der Waals surface area contributed by atoms with Crippen LogP contribution >= 0.6 is 0 Å². The van der Waals surface area contributed by atoms with Gasteiger partial charge in [0.15, 0.2) is 0 Å². The van der Waals surface area contributed by atoms with Gasteiger partial charge in [-0.25, -0.2) is 4.39 Å². The van der Waals surface area contributed by atoms with E-state index in [1.807, 2.05) is 0 Å². The van der Waals surface area contributed by atoms with E-state index in [0.717, 1.165) is 25.7 Å². The third-order valence-corrected chi connectivity index (χ3v) is 4.48. The Kier molecular flexibility index (Phi) is 3.94. The Morgan fingerprint density at radius 2 is 1.85 bits per heavy atom. The third kappa shape index (κ3) is 3.30. The van der Waals surface area contributed by atoms with Gasteiger partial charge >= 0.3 is 0 Å². The fraction of sp³-hybridized carbons (Fsp3) is 0.625. The quantitative estimate of drug-likeness (QED) is 0.890. The summed E-state index contributed by atoms with van der Waals surface area (Å²) in [6.45, 7) is 0.474. The van der Waals surface area contributed by atoms with Crippen LogP contribution in [0.25, 0.3) is 0 Å². The standard InChI is InChI=1S/C16H22FNO2/c17-12-4-6-15(7-5-12)20-9-8-16(19)10-13-2-1-3-14(11-16)18-13/h4-7,13-14,18-19H,1-3,8-11H2. The largest absolute Gasteiger partial charge is 0.493 e. The van der Waals surface area contributed by atoms with Gasteiger partial charge in [-0.3, -0.25) is 0 Å². The second kappa shape index (κ2) is 5.70. The Morgan fingerprint density at radius 3 is 2.50 bits per heavy atom. The first kappa shape index (κ1) is 13.8. The van der Waals surface area contributed by atoms with Gasteiger partial charge in [-0.2, -0.15) is 0 Å². The lowest BCUT2D eigenvalue weighted by molar-refractivity contribution is -0.0444. The number of nitrogens with one attached hydrogen (secondary N) is 1. The van der Waals surface area contributed by atoms with E-state index in [1.54, 1.807) is 12.1 Å². The van der Waals surface area contributed by atoms with Crippen LogP contribution in [-0.2, 0) is 0 Å². The summed E-state index contributed by atoms with van der Waals surface area (Å²) >= 11 is 0. The van der Waals surface area contributed by atoms with Crippen LogP contribution in [0.4, 0.5) is 4.39 Å². The first-order valence-corrected chi connectivity index (χ1v) is 7.50. The Morgan fingerprint density at radius 1 is 1.20 bits per heavy atom. The van der Waals surface area contributed by atoms with E-state index in [9.17, 15) is 9.50 Å². The second-order valence-electron chi connectivity index (χ2n) is 6.18. The lowest BCUT2D eigenvalue weighted by atomic mass is 9.76. The van der Waals surface area contributed by atoms with E-state index in [4.69, 9.17) is 4.74 Å². The summed E-state index contributed by atoms with van der Waals surface area (Å²) in [6.07, 6.45) is 5.87. The van der Waals surface area contributed by atoms with Gasteiger partial charge in [0, 0.05) is 18.5 Å². The number of piperidine rings is 2. The molecule has 3 nitrogen and oxygen atoms in total. The van der Waals surface area contributed by atoms with E-state index in [-0.39, 0.29) is 5.82 Å². The molecule has 2 bridgehead atoms. The molecule has 2 unspecified atom stereocenters. The minimum atomic E-state index is -0.610. The number of aliphatic hydroxyl groups is 1. The lowest BCUT2D eigenvalue weighted by Crippen LogP contribution is -2.56. The molecule has 2 aliphatic heterocycles. The predicted molar refractivity (Wildman–Crippen MR) is 75.3 cm³/mol. The maximum Gasteiger partial charge on any atom is 0.123 e. The molecule has 3 rings (SSSR count). The summed E-state index contributed by atoms with van der Waals surface area (Å²) in [5.41, 5.74) is -0.610. The summed E-state index contributed by atoms with van der Waals surface area (Å²) in [6, 6.07) is 6.93. The number of hydrogen-bond donors (Lipinski definition) is 2. The molecule has 2 N–H and O–H groups in total. The molecule has 0 aromatic heterocycles. The van der Waals surface area contributed by atoms with Gasteiger partial charge in [-0.15, -0.1) is 0 Å². The number of halogens is 1. The molecule has 20 heavy (non-hydrogen) atoms. The van der Waals surface area contributed by atoms with Crippen LogP contribution in [0.15, 0.2) is 24.3 Å². The van der Waals surface area contributed by atoms with Crippen LogP contribution in [0.1, 0.15) is 38.5 Å². The summed E-state index contributed by atoms with van der Waals surface area (Å²) in [4.78, 5) is 0. The van der Waals surface area contributed by atoms with Crippen LogP contribution in [0.3, 0.4) is 0 Å². The zero-order chi connectivity index (χ0) is 14.0. The molecule has 2 saturated heterocycles. The summed E-state index contributed by atoms with van der Waals surface area (Å²) in [5, 5.41) is 14.3. The molecule has 0 aliphatic carbocycles. The molecule has 1 aromatic rings. The number of rotatable bonds is 4. The predicted octanol–water partition coefficient (Wildman–Crippen LogP) is 2.63. The van der Waals surface area contributed by atoms with Crippen LogP contribution in [0, 0.1) is 5.82 Å². The van der Waals surface area contributed by atoms with Crippen molar-refractivity contribution < 1.29 is 14.2 Å². The second-order valence-corrected chi connectivity index (χ2v) is 6.18. The van der Waals surface area contributed by atoms with Crippen LogP contribution < -0.4 is 10.1 Å². The molecule has 110 valence electrons. The lowest BCUT2D eigenvalue weighted by Gasteiger charge is -2.45. The topological polar surface area (TPSA) is 41.5 Å². The van der Waals surface area contributed by atoms with Gasteiger partial charge in [0.25, 0.3) is 0 Å². The van der Waals surface area contributed by atoms with Gasteiger partial charge in [0.2, 0.25) is 0 Å². The van der Waals surface area contributed by atoms with E-state index in [2.05, 4.69) is 5.32 Å². The maximum atomic E-state index is 12.8. The molecular formula is C16H22FNO2.